The zero-order valence-electron chi connectivity index (χ0n) is 8.39. The number of nitrogens with two attached hydrogens (primary N) is 1. The molecule has 5 heteroatoms. The molecule has 0 radical (unpaired) electrons. The van der Waals surface area contributed by atoms with Crippen LogP contribution >= 0.6 is 23.2 Å². The van der Waals surface area contributed by atoms with Crippen LogP contribution in [0.15, 0.2) is 17.1 Å². The molecule has 0 unspecified atom stereocenters. The van der Waals surface area contributed by atoms with Gasteiger partial charge in [-0.25, -0.2) is 9.38 Å². The van der Waals surface area contributed by atoms with Gasteiger partial charge in [-0.1, -0.05) is 37.0 Å². The minimum absolute atomic E-state index is 0.0854. The van der Waals surface area contributed by atoms with Crippen LogP contribution in [-0.4, -0.2) is 5.84 Å². The van der Waals surface area contributed by atoms with Gasteiger partial charge < -0.3 is 5.73 Å². The lowest BCUT2D eigenvalue weighted by Crippen LogP contribution is -2.18. The zero-order valence-corrected chi connectivity index (χ0v) is 9.90. The van der Waals surface area contributed by atoms with E-state index < -0.39 is 5.82 Å². The molecule has 0 aliphatic rings. The van der Waals surface area contributed by atoms with E-state index in [0.717, 1.165) is 12.1 Å². The second kappa shape index (κ2) is 4.81. The average Bonchev–Trinajstić information content (AvgIpc) is 2.10. The topological polar surface area (TPSA) is 38.4 Å². The predicted molar refractivity (Wildman–Crippen MR) is 62.5 cm³/mol. The number of hydrogen-bond acceptors (Lipinski definition) is 1. The Balaban J connectivity index is 3.21. The van der Waals surface area contributed by atoms with Crippen LogP contribution in [-0.2, 0) is 0 Å². The van der Waals surface area contributed by atoms with Crippen molar-refractivity contribution in [2.75, 3.05) is 0 Å². The molecule has 0 fully saturated rings. The van der Waals surface area contributed by atoms with Crippen LogP contribution in [0.25, 0.3) is 0 Å². The van der Waals surface area contributed by atoms with E-state index in [9.17, 15) is 4.39 Å². The molecule has 2 nitrogen and oxygen atoms in total. The molecule has 0 spiro atoms. The molecule has 82 valence electrons. The van der Waals surface area contributed by atoms with Crippen LogP contribution in [0.3, 0.4) is 0 Å². The van der Waals surface area contributed by atoms with Gasteiger partial charge in [0.25, 0.3) is 0 Å². The Morgan fingerprint density at radius 3 is 2.20 bits per heavy atom. The van der Waals surface area contributed by atoms with Gasteiger partial charge in [-0.3, -0.25) is 0 Å². The number of rotatable bonds is 2. The molecular weight excluding hydrogens is 238 g/mol. The smallest absolute Gasteiger partial charge is 0.126 e. The van der Waals surface area contributed by atoms with Crippen molar-refractivity contribution in [2.24, 2.45) is 16.6 Å². The number of nitrogens with zero attached hydrogens (tertiary/aromatic N) is 1. The summed E-state index contributed by atoms with van der Waals surface area (Å²) in [6.45, 7) is 3.79. The fraction of sp³-hybridized carbons (Fsp3) is 0.300. The Hall–Kier alpha value is -0.800. The highest BCUT2D eigenvalue weighted by Crippen LogP contribution is 2.34. The lowest BCUT2D eigenvalue weighted by Gasteiger charge is -2.06. The highest BCUT2D eigenvalue weighted by atomic mass is 35.5. The van der Waals surface area contributed by atoms with Crippen LogP contribution in [0.1, 0.15) is 13.8 Å². The van der Waals surface area contributed by atoms with E-state index in [-0.39, 0.29) is 16.0 Å². The first kappa shape index (κ1) is 12.3. The third-order valence-corrected chi connectivity index (χ3v) is 2.39. The third-order valence-electron chi connectivity index (χ3n) is 1.81. The molecule has 0 bridgehead atoms. The molecule has 0 aliphatic heterocycles. The molecule has 1 aromatic carbocycles. The fourth-order valence-electron chi connectivity index (χ4n) is 0.900. The molecule has 0 saturated carbocycles. The molecule has 1 aromatic rings. The van der Waals surface area contributed by atoms with Crippen molar-refractivity contribution in [1.29, 1.82) is 0 Å². The van der Waals surface area contributed by atoms with E-state index in [0.29, 0.717) is 11.5 Å². The van der Waals surface area contributed by atoms with Gasteiger partial charge in [-0.2, -0.15) is 0 Å². The first-order chi connectivity index (χ1) is 6.91. The van der Waals surface area contributed by atoms with Crippen LogP contribution in [0, 0.1) is 11.7 Å². The SMILES string of the molecule is CC(C)C(N)=Nc1c(Cl)cc(F)cc1Cl. The summed E-state index contributed by atoms with van der Waals surface area (Å²) in [5.74, 6) is -0.000312. The van der Waals surface area contributed by atoms with Crippen LogP contribution < -0.4 is 5.73 Å². The van der Waals surface area contributed by atoms with Gasteiger partial charge in [-0.15, -0.1) is 0 Å². The van der Waals surface area contributed by atoms with Crippen molar-refractivity contribution in [3.05, 3.63) is 28.0 Å². The zero-order chi connectivity index (χ0) is 11.6. The predicted octanol–water partition coefficient (Wildman–Crippen LogP) is 3.78. The maximum absolute atomic E-state index is 12.9. The Morgan fingerprint density at radius 2 is 1.80 bits per heavy atom. The maximum Gasteiger partial charge on any atom is 0.126 e. The van der Waals surface area contributed by atoms with E-state index in [1.165, 1.54) is 0 Å². The van der Waals surface area contributed by atoms with Crippen molar-refractivity contribution < 1.29 is 4.39 Å². The summed E-state index contributed by atoms with van der Waals surface area (Å²) in [4.78, 5) is 4.06. The van der Waals surface area contributed by atoms with Crippen molar-refractivity contribution >= 4 is 34.7 Å². The van der Waals surface area contributed by atoms with Gasteiger partial charge in [0.15, 0.2) is 0 Å². The van der Waals surface area contributed by atoms with Gasteiger partial charge in [0, 0.05) is 5.92 Å². The Bertz CT molecular complexity index is 379. The highest BCUT2D eigenvalue weighted by molar-refractivity contribution is 6.38. The Morgan fingerprint density at radius 1 is 1.33 bits per heavy atom. The van der Waals surface area contributed by atoms with Crippen molar-refractivity contribution in [3.63, 3.8) is 0 Å². The van der Waals surface area contributed by atoms with Crippen molar-refractivity contribution in [3.8, 4) is 0 Å². The lowest BCUT2D eigenvalue weighted by molar-refractivity contribution is 0.628. The van der Waals surface area contributed by atoms with Crippen molar-refractivity contribution in [2.45, 2.75) is 13.8 Å². The van der Waals surface area contributed by atoms with E-state index in [2.05, 4.69) is 4.99 Å². The van der Waals surface area contributed by atoms with Crippen LogP contribution in [0.4, 0.5) is 10.1 Å². The molecule has 2 N–H and O–H groups in total. The molecule has 0 amide bonds. The van der Waals surface area contributed by atoms with E-state index >= 15 is 0 Å². The number of benzene rings is 1. The summed E-state index contributed by atoms with van der Waals surface area (Å²) >= 11 is 11.6. The molecule has 15 heavy (non-hydrogen) atoms. The Labute approximate surface area is 97.9 Å². The molecule has 0 saturated heterocycles. The third kappa shape index (κ3) is 3.08. The first-order valence-electron chi connectivity index (χ1n) is 4.40. The molecule has 0 heterocycles. The van der Waals surface area contributed by atoms with E-state index in [1.807, 2.05) is 13.8 Å². The molecule has 1 rings (SSSR count). The number of aliphatic imine (C=N–C) groups is 1. The molecular formula is C10H11Cl2FN2. The number of hydrogen-bond donors (Lipinski definition) is 1. The normalized spacial score (nSPS) is 12.3. The second-order valence-electron chi connectivity index (χ2n) is 3.41. The lowest BCUT2D eigenvalue weighted by atomic mass is 10.2. The molecule has 0 aliphatic carbocycles. The average molecular weight is 249 g/mol. The summed E-state index contributed by atoms with van der Waals surface area (Å²) in [5, 5.41) is 0.312. The van der Waals surface area contributed by atoms with Gasteiger partial charge in [-0.05, 0) is 12.1 Å². The summed E-state index contributed by atoms with van der Waals surface area (Å²) < 4.78 is 12.9. The minimum atomic E-state index is -0.493. The van der Waals surface area contributed by atoms with E-state index in [4.69, 9.17) is 28.9 Å². The maximum atomic E-state index is 12.9. The van der Waals surface area contributed by atoms with Gasteiger partial charge in [0.2, 0.25) is 0 Å². The van der Waals surface area contributed by atoms with Gasteiger partial charge in [0.05, 0.1) is 10.0 Å². The molecule has 0 aromatic heterocycles. The van der Waals surface area contributed by atoms with Crippen LogP contribution in [0.2, 0.25) is 10.0 Å². The Kier molecular flexibility index (Phi) is 3.94. The monoisotopic (exact) mass is 248 g/mol. The number of halogens is 3. The highest BCUT2D eigenvalue weighted by Gasteiger charge is 2.09. The summed E-state index contributed by atoms with van der Waals surface area (Å²) in [7, 11) is 0. The van der Waals surface area contributed by atoms with Gasteiger partial charge in [0.1, 0.15) is 17.3 Å². The summed E-state index contributed by atoms with van der Waals surface area (Å²) in [6, 6.07) is 2.31. The standard InChI is InChI=1S/C10H11Cl2FN2/c1-5(2)10(14)15-9-7(11)3-6(13)4-8(9)12/h3-5H,1-2H3,(H2,14,15). The summed E-state index contributed by atoms with van der Waals surface area (Å²) in [5.41, 5.74) is 5.97. The minimum Gasteiger partial charge on any atom is -0.387 e. The quantitative estimate of drug-likeness (QED) is 0.628. The molecule has 0 atom stereocenters. The van der Waals surface area contributed by atoms with Crippen LogP contribution in [0.5, 0.6) is 0 Å². The summed E-state index contributed by atoms with van der Waals surface area (Å²) in [6.07, 6.45) is 0. The first-order valence-corrected chi connectivity index (χ1v) is 5.16. The largest absolute Gasteiger partial charge is 0.387 e. The fourth-order valence-corrected chi connectivity index (χ4v) is 1.44. The number of amidine groups is 1. The van der Waals surface area contributed by atoms with Gasteiger partial charge >= 0.3 is 0 Å². The van der Waals surface area contributed by atoms with Crippen molar-refractivity contribution in [1.82, 2.24) is 0 Å². The van der Waals surface area contributed by atoms with E-state index in [1.54, 1.807) is 0 Å². The second-order valence-corrected chi connectivity index (χ2v) is 4.22.